The van der Waals surface area contributed by atoms with E-state index in [-0.39, 0.29) is 23.0 Å². The monoisotopic (exact) mass is 505 g/mol. The van der Waals surface area contributed by atoms with Crippen molar-refractivity contribution >= 4 is 49.5 Å². The lowest BCUT2D eigenvalue weighted by molar-refractivity contribution is -0.137. The number of pyridine rings is 1. The zero-order valence-electron chi connectivity index (χ0n) is 21.5. The smallest absolute Gasteiger partial charge is 0.303 e. The van der Waals surface area contributed by atoms with Crippen LogP contribution in [0, 0.1) is 0 Å². The van der Waals surface area contributed by atoms with Crippen molar-refractivity contribution < 1.29 is 14.3 Å². The molecule has 2 aromatic heterocycles. The maximum Gasteiger partial charge on any atom is 0.303 e. The summed E-state index contributed by atoms with van der Waals surface area (Å²) < 4.78 is 7.48. The second-order valence-corrected chi connectivity index (χ2v) is 10.9. The second-order valence-electron chi connectivity index (χ2n) is 10.9. The third kappa shape index (κ3) is 3.76. The van der Waals surface area contributed by atoms with E-state index in [9.17, 15) is 14.4 Å². The molecule has 4 aromatic carbocycles. The highest BCUT2D eigenvalue weighted by Gasteiger charge is 2.21. The summed E-state index contributed by atoms with van der Waals surface area (Å²) in [7, 11) is 0. The fraction of sp³-hybridized carbons (Fsp3) is 0.219. The van der Waals surface area contributed by atoms with Gasteiger partial charge in [0.2, 0.25) is 0 Å². The molecule has 1 N–H and O–H groups in total. The van der Waals surface area contributed by atoms with Gasteiger partial charge in [-0.15, -0.1) is 0 Å². The molecule has 0 radical (unpaired) electrons. The Hall–Kier alpha value is -4.45. The lowest BCUT2D eigenvalue weighted by atomic mass is 9.85. The number of hydrogen-bond acceptors (Lipinski definition) is 4. The van der Waals surface area contributed by atoms with E-state index in [1.54, 1.807) is 18.2 Å². The third-order valence-electron chi connectivity index (χ3n) is 7.40. The number of aryl methyl sites for hydroxylation is 1. The maximum atomic E-state index is 13.7. The fourth-order valence-electron chi connectivity index (χ4n) is 5.37. The molecule has 0 fully saturated rings. The maximum absolute atomic E-state index is 13.7. The van der Waals surface area contributed by atoms with Gasteiger partial charge in [-0.3, -0.25) is 14.4 Å². The highest BCUT2D eigenvalue weighted by Crippen LogP contribution is 2.38. The Balaban J connectivity index is 1.56. The summed E-state index contributed by atoms with van der Waals surface area (Å²) in [6, 6.07) is 20.7. The van der Waals surface area contributed by atoms with Crippen LogP contribution in [0.25, 0.3) is 49.2 Å². The largest absolute Gasteiger partial charge is 0.481 e. The van der Waals surface area contributed by atoms with Crippen LogP contribution in [0.1, 0.15) is 44.7 Å². The van der Waals surface area contributed by atoms with Gasteiger partial charge in [-0.25, -0.2) is 4.57 Å². The quantitative estimate of drug-likeness (QED) is 0.212. The van der Waals surface area contributed by atoms with Crippen LogP contribution in [0.15, 0.2) is 80.7 Å². The molecule has 0 amide bonds. The van der Waals surface area contributed by atoms with E-state index in [1.807, 2.05) is 36.4 Å². The summed E-state index contributed by atoms with van der Waals surface area (Å²) in [5, 5.41) is 13.1. The van der Waals surface area contributed by atoms with Crippen LogP contribution in [0.3, 0.4) is 0 Å². The Morgan fingerprint density at radius 2 is 1.42 bits per heavy atom. The van der Waals surface area contributed by atoms with Crippen molar-refractivity contribution in [3.63, 3.8) is 0 Å². The van der Waals surface area contributed by atoms with Crippen LogP contribution in [-0.2, 0) is 16.6 Å². The summed E-state index contributed by atoms with van der Waals surface area (Å²) in [5.74, 6) is -0.825. The molecule has 6 nitrogen and oxygen atoms in total. The number of benzene rings is 4. The number of aromatic nitrogens is 1. The molecule has 6 heteroatoms. The van der Waals surface area contributed by atoms with E-state index >= 15 is 0 Å². The minimum atomic E-state index is -0.825. The summed E-state index contributed by atoms with van der Waals surface area (Å²) in [6.45, 7) is 6.49. The number of carbonyl (C=O) groups is 1. The molecule has 0 bridgehead atoms. The predicted octanol–water partition coefficient (Wildman–Crippen LogP) is 6.55. The van der Waals surface area contributed by atoms with Crippen LogP contribution in [0.2, 0.25) is 0 Å². The van der Waals surface area contributed by atoms with Gasteiger partial charge in [0.25, 0.3) is 11.1 Å². The Kier molecular flexibility index (Phi) is 5.38. The van der Waals surface area contributed by atoms with Gasteiger partial charge in [0.05, 0.1) is 5.69 Å². The highest BCUT2D eigenvalue weighted by atomic mass is 16.4. The molecule has 0 atom stereocenters. The number of nitrogens with zero attached hydrogens (tertiary/aromatic N) is 1. The van der Waals surface area contributed by atoms with Crippen LogP contribution in [0.4, 0.5) is 0 Å². The molecule has 0 aliphatic heterocycles. The van der Waals surface area contributed by atoms with Gasteiger partial charge < -0.3 is 9.52 Å². The number of carboxylic acids is 1. The van der Waals surface area contributed by atoms with Gasteiger partial charge in [-0.05, 0) is 77.2 Å². The first kappa shape index (κ1) is 23.9. The number of aliphatic carboxylic acids is 1. The van der Waals surface area contributed by atoms with E-state index in [0.717, 1.165) is 27.3 Å². The van der Waals surface area contributed by atoms with E-state index in [4.69, 9.17) is 9.52 Å². The zero-order valence-corrected chi connectivity index (χ0v) is 21.5. The molecule has 6 rings (SSSR count). The SMILES string of the molecule is CC(C)(C)c1ccc2oc3ccc4c(=O)n(-c5ccc(CCCC(=O)O)cc5)c(=O)c5ccc(c2c1)c3c45. The molecule has 0 saturated carbocycles. The Labute approximate surface area is 218 Å². The van der Waals surface area contributed by atoms with Crippen LogP contribution in [-0.4, -0.2) is 15.6 Å². The lowest BCUT2D eigenvalue weighted by Gasteiger charge is -2.20. The Bertz CT molecular complexity index is 1960. The summed E-state index contributed by atoms with van der Waals surface area (Å²) in [4.78, 5) is 38.2. The third-order valence-corrected chi connectivity index (χ3v) is 7.40. The lowest BCUT2D eigenvalue weighted by Crippen LogP contribution is -2.31. The first-order valence-electron chi connectivity index (χ1n) is 12.8. The average molecular weight is 506 g/mol. The van der Waals surface area contributed by atoms with Crippen LogP contribution >= 0.6 is 0 Å². The van der Waals surface area contributed by atoms with Gasteiger partial charge in [0, 0.05) is 33.4 Å². The molecule has 190 valence electrons. The van der Waals surface area contributed by atoms with Crippen LogP contribution in [0.5, 0.6) is 0 Å². The molecular weight excluding hydrogens is 478 g/mol. The average Bonchev–Trinajstić information content (AvgIpc) is 2.88. The molecule has 0 aliphatic rings. The van der Waals surface area contributed by atoms with Gasteiger partial charge in [-0.2, -0.15) is 0 Å². The van der Waals surface area contributed by atoms with E-state index < -0.39 is 5.97 Å². The first-order chi connectivity index (χ1) is 18.1. The highest BCUT2D eigenvalue weighted by molar-refractivity contribution is 6.26. The fourth-order valence-corrected chi connectivity index (χ4v) is 5.37. The Morgan fingerprint density at radius 1 is 0.789 bits per heavy atom. The number of rotatable bonds is 5. The molecule has 6 aromatic rings. The minimum absolute atomic E-state index is 0.0418. The minimum Gasteiger partial charge on any atom is -0.481 e. The number of carboxylic acid groups (broad SMARTS) is 1. The van der Waals surface area contributed by atoms with Crippen molar-refractivity contribution in [3.8, 4) is 5.69 Å². The summed E-state index contributed by atoms with van der Waals surface area (Å²) >= 11 is 0. The van der Waals surface area contributed by atoms with Gasteiger partial charge >= 0.3 is 5.97 Å². The van der Waals surface area contributed by atoms with E-state index in [1.165, 1.54) is 10.1 Å². The number of hydrogen-bond donors (Lipinski definition) is 1. The molecule has 0 saturated heterocycles. The Morgan fingerprint density at radius 3 is 2.08 bits per heavy atom. The predicted molar refractivity (Wildman–Crippen MR) is 151 cm³/mol. The number of fused-ring (bicyclic) bond motifs is 2. The topological polar surface area (TPSA) is 89.5 Å². The summed E-state index contributed by atoms with van der Waals surface area (Å²) in [5.41, 5.74) is 3.21. The first-order valence-corrected chi connectivity index (χ1v) is 12.8. The van der Waals surface area contributed by atoms with E-state index in [2.05, 4.69) is 32.9 Å². The molecular formula is C32H27NO5. The van der Waals surface area contributed by atoms with Crippen molar-refractivity contribution in [2.24, 2.45) is 0 Å². The van der Waals surface area contributed by atoms with Gasteiger partial charge in [0.1, 0.15) is 11.2 Å². The van der Waals surface area contributed by atoms with Gasteiger partial charge in [-0.1, -0.05) is 45.0 Å². The molecule has 38 heavy (non-hydrogen) atoms. The van der Waals surface area contributed by atoms with Crippen molar-refractivity contribution in [2.45, 2.75) is 45.4 Å². The summed E-state index contributed by atoms with van der Waals surface area (Å²) in [6.07, 6.45) is 1.24. The normalized spacial score (nSPS) is 12.3. The van der Waals surface area contributed by atoms with E-state index in [0.29, 0.717) is 40.3 Å². The van der Waals surface area contributed by atoms with Crippen LogP contribution < -0.4 is 11.1 Å². The van der Waals surface area contributed by atoms with Gasteiger partial charge in [0.15, 0.2) is 0 Å². The standard InChI is InChI=1S/C32H27NO5/c1-32(2,3)19-9-15-25-24(17-19)21-12-13-22-28-23(14-16-26(38-25)29(21)28)31(37)33(30(22)36)20-10-7-18(8-11-20)5-4-6-27(34)35/h7-17H,4-6H2,1-3H3,(H,34,35). The molecule has 0 unspecified atom stereocenters. The molecule has 0 spiro atoms. The molecule has 0 aliphatic carbocycles. The van der Waals surface area contributed by atoms with Crippen molar-refractivity contribution in [1.82, 2.24) is 4.57 Å². The van der Waals surface area contributed by atoms with Crippen molar-refractivity contribution in [2.75, 3.05) is 0 Å². The van der Waals surface area contributed by atoms with Crippen molar-refractivity contribution in [1.29, 1.82) is 0 Å². The zero-order chi connectivity index (χ0) is 26.8. The van der Waals surface area contributed by atoms with Crippen molar-refractivity contribution in [3.05, 3.63) is 98.6 Å². The second kappa shape index (κ2) is 8.55. The molecule has 2 heterocycles.